The average Bonchev–Trinajstić information content (AvgIpc) is 3.13. The molecule has 52 heavy (non-hydrogen) atoms. The van der Waals surface area contributed by atoms with E-state index in [9.17, 15) is 33.6 Å². The number of methoxy groups -OCH3 is 4. The van der Waals surface area contributed by atoms with Crippen LogP contribution in [-0.4, -0.2) is 148 Å². The van der Waals surface area contributed by atoms with Gasteiger partial charge in [-0.1, -0.05) is 6.58 Å². The third kappa shape index (κ3) is 20.8. The van der Waals surface area contributed by atoms with Gasteiger partial charge in [0.15, 0.2) is 0 Å². The van der Waals surface area contributed by atoms with Crippen LogP contribution in [0.2, 0.25) is 0 Å². The van der Waals surface area contributed by atoms with Gasteiger partial charge in [-0.05, 0) is 26.7 Å². The van der Waals surface area contributed by atoms with Gasteiger partial charge in [-0.25, -0.2) is 4.79 Å². The highest BCUT2D eigenvalue weighted by molar-refractivity contribution is 6.03. The van der Waals surface area contributed by atoms with Gasteiger partial charge in [0.2, 0.25) is 0 Å². The lowest BCUT2D eigenvalue weighted by Crippen LogP contribution is -2.40. The van der Waals surface area contributed by atoms with Gasteiger partial charge in [0.05, 0.1) is 53.0 Å². The lowest BCUT2D eigenvalue weighted by Gasteiger charge is -2.28. The first-order chi connectivity index (χ1) is 24.8. The zero-order valence-corrected chi connectivity index (χ0v) is 31.0. The fourth-order valence-electron chi connectivity index (χ4n) is 4.17. The van der Waals surface area contributed by atoms with E-state index >= 15 is 0 Å². The average molecular weight is 751 g/mol. The number of hydrogen-bond acceptors (Lipinski definition) is 18. The first-order valence-corrected chi connectivity index (χ1v) is 16.6. The minimum absolute atomic E-state index is 0.00202. The van der Waals surface area contributed by atoms with Crippen LogP contribution < -0.4 is 0 Å². The maximum Gasteiger partial charge on any atom is 0.330 e. The molecule has 0 heterocycles. The molecule has 0 aromatic rings. The largest absolute Gasteiger partial charge is 0.469 e. The van der Waals surface area contributed by atoms with E-state index in [0.717, 1.165) is 6.08 Å². The van der Waals surface area contributed by atoms with Crippen LogP contribution in [-0.2, 0) is 85.7 Å². The number of ketones is 1. The Morgan fingerprint density at radius 1 is 0.577 bits per heavy atom. The van der Waals surface area contributed by atoms with Crippen LogP contribution in [0.5, 0.6) is 0 Å². The van der Waals surface area contributed by atoms with Gasteiger partial charge in [0.25, 0.3) is 0 Å². The van der Waals surface area contributed by atoms with Crippen molar-refractivity contribution in [3.8, 4) is 0 Å². The molecule has 0 aromatic heterocycles. The van der Waals surface area contributed by atoms with Crippen molar-refractivity contribution in [2.75, 3.05) is 87.9 Å². The third-order valence-corrected chi connectivity index (χ3v) is 7.44. The number of esters is 6. The van der Waals surface area contributed by atoms with E-state index in [-0.39, 0.29) is 98.0 Å². The van der Waals surface area contributed by atoms with Gasteiger partial charge in [-0.3, -0.25) is 28.8 Å². The second kappa shape index (κ2) is 28.6. The molecule has 0 aliphatic rings. The lowest BCUT2D eigenvalue weighted by atomic mass is 9.75. The molecule has 0 saturated heterocycles. The topological polar surface area (TPSA) is 221 Å². The maximum absolute atomic E-state index is 12.7. The number of ether oxygens (including phenoxy) is 11. The van der Waals surface area contributed by atoms with Crippen molar-refractivity contribution in [3.63, 3.8) is 0 Å². The molecule has 4 atom stereocenters. The molecule has 0 saturated carbocycles. The number of carbonyl (C=O) groups excluding carboxylic acids is 7. The Hall–Kier alpha value is -3.97. The summed E-state index contributed by atoms with van der Waals surface area (Å²) in [5.74, 6) is -4.68. The van der Waals surface area contributed by atoms with Crippen molar-refractivity contribution in [2.45, 2.75) is 70.7 Å². The highest BCUT2D eigenvalue weighted by atomic mass is 16.6. The van der Waals surface area contributed by atoms with E-state index < -0.39 is 65.3 Å². The molecule has 4 unspecified atom stereocenters. The highest BCUT2D eigenvalue weighted by Gasteiger charge is 2.45. The van der Waals surface area contributed by atoms with Crippen LogP contribution in [0.1, 0.15) is 52.4 Å². The predicted octanol–water partition coefficient (Wildman–Crippen LogP) is 1.08. The van der Waals surface area contributed by atoms with Crippen LogP contribution in [0, 0.1) is 5.41 Å². The van der Waals surface area contributed by atoms with Crippen molar-refractivity contribution in [3.05, 3.63) is 12.7 Å². The summed E-state index contributed by atoms with van der Waals surface area (Å²) < 4.78 is 56.9. The quantitative estimate of drug-likeness (QED) is 0.0418. The molecule has 0 amide bonds. The Balaban J connectivity index is 4.52. The van der Waals surface area contributed by atoms with E-state index in [0.29, 0.717) is 0 Å². The summed E-state index contributed by atoms with van der Waals surface area (Å²) in [5, 5.41) is 0. The van der Waals surface area contributed by atoms with Crippen LogP contribution in [0.3, 0.4) is 0 Å². The summed E-state index contributed by atoms with van der Waals surface area (Å²) in [4.78, 5) is 84.3. The van der Waals surface area contributed by atoms with Crippen LogP contribution >= 0.6 is 0 Å². The van der Waals surface area contributed by atoms with Crippen LogP contribution in [0.4, 0.5) is 0 Å². The fourth-order valence-corrected chi connectivity index (χ4v) is 4.17. The monoisotopic (exact) mass is 750 g/mol. The molecule has 0 N–H and O–H groups in total. The number of Topliss-reactive ketones (excluding diaryl/α,β-unsaturated/α-hetero) is 1. The van der Waals surface area contributed by atoms with Gasteiger partial charge < -0.3 is 52.1 Å². The van der Waals surface area contributed by atoms with Gasteiger partial charge in [-0.2, -0.15) is 0 Å². The zero-order chi connectivity index (χ0) is 39.4. The van der Waals surface area contributed by atoms with Crippen LogP contribution in [0.25, 0.3) is 0 Å². The van der Waals surface area contributed by atoms with Crippen molar-refractivity contribution < 1.29 is 85.7 Å². The van der Waals surface area contributed by atoms with E-state index in [1.165, 1.54) is 35.4 Å². The van der Waals surface area contributed by atoms with Crippen molar-refractivity contribution in [1.29, 1.82) is 0 Å². The molecular weight excluding hydrogens is 696 g/mol. The standard InChI is InChI=1S/C34H54O18/c1-8-28(36)49-16-12-31(39)51-22-26(43-5)20-46-18-25(42-4)19-47-21-27(44-6)23-52-32(40)13-17-50-30(38)11-15-34(24(3)35,33(41)48-9-2)14-10-29(37)45-7/h8,25-27H,1,9-23H2,2-7H3. The predicted molar refractivity (Wildman–Crippen MR) is 178 cm³/mol. The molecule has 0 aliphatic carbocycles. The molecule has 0 aromatic carbocycles. The Bertz CT molecular complexity index is 1120. The molecule has 298 valence electrons. The summed E-state index contributed by atoms with van der Waals surface area (Å²) in [6.07, 6.45) is -2.07. The van der Waals surface area contributed by atoms with E-state index in [1.54, 1.807) is 6.92 Å². The van der Waals surface area contributed by atoms with Gasteiger partial charge in [-0.15, -0.1) is 0 Å². The normalized spacial score (nSPS) is 13.7. The summed E-state index contributed by atoms with van der Waals surface area (Å²) in [5.41, 5.74) is -1.73. The SMILES string of the molecule is C=CC(=O)OCCC(=O)OCC(COCC(COCC(COC(=O)CCOC(=O)CCC(CCC(=O)OC)(C(C)=O)C(=O)OCC)OC)OC)OC. The first kappa shape index (κ1) is 48.0. The molecule has 0 spiro atoms. The van der Waals surface area contributed by atoms with Gasteiger partial charge in [0, 0.05) is 40.2 Å². The second-order valence-electron chi connectivity index (χ2n) is 11.0. The molecule has 0 fully saturated rings. The van der Waals surface area contributed by atoms with Crippen LogP contribution in [0.15, 0.2) is 12.7 Å². The van der Waals surface area contributed by atoms with Crippen molar-refractivity contribution in [1.82, 2.24) is 0 Å². The smallest absolute Gasteiger partial charge is 0.330 e. The first-order valence-electron chi connectivity index (χ1n) is 16.6. The van der Waals surface area contributed by atoms with E-state index in [2.05, 4.69) is 11.3 Å². The minimum Gasteiger partial charge on any atom is -0.469 e. The fraction of sp³-hybridized carbons (Fsp3) is 0.735. The number of rotatable bonds is 31. The highest BCUT2D eigenvalue weighted by Crippen LogP contribution is 2.33. The number of carbonyl (C=O) groups is 7. The molecule has 0 aliphatic heterocycles. The third-order valence-electron chi connectivity index (χ3n) is 7.44. The Morgan fingerprint density at radius 2 is 1.00 bits per heavy atom. The van der Waals surface area contributed by atoms with Gasteiger partial charge >= 0.3 is 35.8 Å². The zero-order valence-electron chi connectivity index (χ0n) is 31.0. The van der Waals surface area contributed by atoms with Gasteiger partial charge in [0.1, 0.15) is 55.9 Å². The van der Waals surface area contributed by atoms with E-state index in [1.807, 2.05) is 0 Å². The molecule has 0 rings (SSSR count). The summed E-state index contributed by atoms with van der Waals surface area (Å²) in [6.45, 7) is 5.71. The molecule has 0 bridgehead atoms. The molecule has 0 radical (unpaired) electrons. The van der Waals surface area contributed by atoms with E-state index in [4.69, 9.17) is 47.4 Å². The number of hydrogen-bond donors (Lipinski definition) is 0. The lowest BCUT2D eigenvalue weighted by molar-refractivity contribution is -0.162. The summed E-state index contributed by atoms with van der Waals surface area (Å²) >= 11 is 0. The minimum atomic E-state index is -1.73. The molecule has 18 heteroatoms. The molecular formula is C34H54O18. The Labute approximate surface area is 303 Å². The Morgan fingerprint density at radius 3 is 1.40 bits per heavy atom. The summed E-state index contributed by atoms with van der Waals surface area (Å²) in [6, 6.07) is 0. The second-order valence-corrected chi connectivity index (χ2v) is 11.0. The summed E-state index contributed by atoms with van der Waals surface area (Å²) in [7, 11) is 5.49. The Kier molecular flexibility index (Phi) is 26.4. The van der Waals surface area contributed by atoms with Crippen molar-refractivity contribution in [2.24, 2.45) is 5.41 Å². The maximum atomic E-state index is 12.7. The molecule has 18 nitrogen and oxygen atoms in total. The van der Waals surface area contributed by atoms with Crippen molar-refractivity contribution >= 4 is 41.6 Å².